The highest BCUT2D eigenvalue weighted by molar-refractivity contribution is 5.93. The van der Waals surface area contributed by atoms with E-state index in [0.29, 0.717) is 31.9 Å². The molecule has 2 N–H and O–H groups in total. The molecular weight excluding hydrogens is 368 g/mol. The van der Waals surface area contributed by atoms with Gasteiger partial charge in [0.2, 0.25) is 0 Å². The van der Waals surface area contributed by atoms with Crippen molar-refractivity contribution >= 4 is 17.7 Å². The molecule has 1 aliphatic rings. The van der Waals surface area contributed by atoms with Crippen molar-refractivity contribution in [1.29, 1.82) is 0 Å². The maximum absolute atomic E-state index is 12.5. The highest BCUT2D eigenvalue weighted by atomic mass is 16.6. The van der Waals surface area contributed by atoms with Gasteiger partial charge in [-0.2, -0.15) is 0 Å². The molecular formula is C22H28N4O3. The number of hydrogen-bond donors (Lipinski definition) is 2. The molecule has 0 bridgehead atoms. The van der Waals surface area contributed by atoms with Gasteiger partial charge in [-0.3, -0.25) is 9.78 Å². The fourth-order valence-corrected chi connectivity index (χ4v) is 3.40. The van der Waals surface area contributed by atoms with Crippen LogP contribution in [0.3, 0.4) is 0 Å². The Morgan fingerprint density at radius 2 is 2.00 bits per heavy atom. The first-order valence-corrected chi connectivity index (χ1v) is 10.0. The molecule has 1 fully saturated rings. The molecule has 1 aliphatic heterocycles. The number of piperidine rings is 1. The van der Waals surface area contributed by atoms with Crippen molar-refractivity contribution in [1.82, 2.24) is 15.2 Å². The van der Waals surface area contributed by atoms with Crippen LogP contribution in [-0.4, -0.2) is 47.6 Å². The molecule has 29 heavy (non-hydrogen) atoms. The summed E-state index contributed by atoms with van der Waals surface area (Å²) in [6.07, 6.45) is 3.05. The van der Waals surface area contributed by atoms with Crippen LogP contribution in [0.4, 0.5) is 10.5 Å². The topological polar surface area (TPSA) is 83.6 Å². The number of pyridine rings is 1. The molecule has 1 saturated heterocycles. The number of benzene rings is 1. The van der Waals surface area contributed by atoms with E-state index < -0.39 is 0 Å². The highest BCUT2D eigenvalue weighted by Gasteiger charge is 2.23. The van der Waals surface area contributed by atoms with E-state index in [2.05, 4.69) is 15.6 Å². The molecule has 1 aromatic heterocycles. The van der Waals surface area contributed by atoms with Crippen LogP contribution in [0.2, 0.25) is 0 Å². The number of ether oxygens (including phenoxy) is 1. The molecule has 154 valence electrons. The SMILES string of the molecule is CCOC(=O)N1CCC(Nc2ccnc(C(=O)NCc3cccc(C)c3)c2)CC1. The maximum Gasteiger partial charge on any atom is 0.409 e. The molecule has 0 spiro atoms. The summed E-state index contributed by atoms with van der Waals surface area (Å²) in [5.74, 6) is -0.202. The largest absolute Gasteiger partial charge is 0.450 e. The monoisotopic (exact) mass is 396 g/mol. The summed E-state index contributed by atoms with van der Waals surface area (Å²) in [5.41, 5.74) is 3.46. The number of anilines is 1. The van der Waals surface area contributed by atoms with Gasteiger partial charge in [-0.15, -0.1) is 0 Å². The number of aromatic nitrogens is 1. The number of nitrogens with one attached hydrogen (secondary N) is 2. The van der Waals surface area contributed by atoms with Crippen LogP contribution < -0.4 is 10.6 Å². The van der Waals surface area contributed by atoms with Crippen LogP contribution in [0.25, 0.3) is 0 Å². The summed E-state index contributed by atoms with van der Waals surface area (Å²) in [4.78, 5) is 30.2. The van der Waals surface area contributed by atoms with Gasteiger partial charge in [0.05, 0.1) is 6.61 Å². The van der Waals surface area contributed by atoms with Gasteiger partial charge in [0.25, 0.3) is 5.91 Å². The van der Waals surface area contributed by atoms with Gasteiger partial charge < -0.3 is 20.3 Å². The zero-order chi connectivity index (χ0) is 20.6. The molecule has 1 aromatic carbocycles. The first-order chi connectivity index (χ1) is 14.0. The van der Waals surface area contributed by atoms with Gasteiger partial charge in [0.1, 0.15) is 5.69 Å². The Bertz CT molecular complexity index is 847. The summed E-state index contributed by atoms with van der Waals surface area (Å²) >= 11 is 0. The Morgan fingerprint density at radius 1 is 1.21 bits per heavy atom. The van der Waals surface area contributed by atoms with E-state index in [4.69, 9.17) is 4.74 Å². The third kappa shape index (κ3) is 5.94. The van der Waals surface area contributed by atoms with Crippen molar-refractivity contribution in [2.24, 2.45) is 0 Å². The number of hydrogen-bond acceptors (Lipinski definition) is 5. The van der Waals surface area contributed by atoms with E-state index >= 15 is 0 Å². The third-order valence-electron chi connectivity index (χ3n) is 4.92. The summed E-state index contributed by atoms with van der Waals surface area (Å²) in [6.45, 7) is 6.01. The van der Waals surface area contributed by atoms with Crippen LogP contribution in [0.15, 0.2) is 42.6 Å². The summed E-state index contributed by atoms with van der Waals surface area (Å²) < 4.78 is 5.05. The molecule has 7 heteroatoms. The first kappa shape index (κ1) is 20.6. The third-order valence-corrected chi connectivity index (χ3v) is 4.92. The molecule has 3 rings (SSSR count). The molecule has 0 atom stereocenters. The van der Waals surface area contributed by atoms with Gasteiger partial charge in [-0.05, 0) is 44.4 Å². The van der Waals surface area contributed by atoms with Crippen LogP contribution in [0.5, 0.6) is 0 Å². The van der Waals surface area contributed by atoms with Gasteiger partial charge in [-0.25, -0.2) is 4.79 Å². The quantitative estimate of drug-likeness (QED) is 0.782. The Hall–Kier alpha value is -3.09. The van der Waals surface area contributed by atoms with Crippen LogP contribution in [0, 0.1) is 6.92 Å². The normalized spacial score (nSPS) is 14.3. The molecule has 0 radical (unpaired) electrons. The number of carbonyl (C=O) groups excluding carboxylic acids is 2. The second-order valence-electron chi connectivity index (χ2n) is 7.21. The van der Waals surface area contributed by atoms with E-state index in [1.165, 1.54) is 0 Å². The van der Waals surface area contributed by atoms with E-state index in [0.717, 1.165) is 29.7 Å². The van der Waals surface area contributed by atoms with E-state index in [-0.39, 0.29) is 18.0 Å². The molecule has 7 nitrogen and oxygen atoms in total. The number of nitrogens with zero attached hydrogens (tertiary/aromatic N) is 2. The molecule has 2 heterocycles. The Balaban J connectivity index is 1.52. The predicted octanol–water partition coefficient (Wildman–Crippen LogP) is 3.35. The zero-order valence-corrected chi connectivity index (χ0v) is 17.0. The maximum atomic E-state index is 12.5. The predicted molar refractivity (Wildman–Crippen MR) is 112 cm³/mol. The lowest BCUT2D eigenvalue weighted by atomic mass is 10.1. The number of rotatable bonds is 6. The summed E-state index contributed by atoms with van der Waals surface area (Å²) in [7, 11) is 0. The van der Waals surface area contributed by atoms with E-state index in [1.807, 2.05) is 44.2 Å². The Morgan fingerprint density at radius 3 is 2.72 bits per heavy atom. The van der Waals surface area contributed by atoms with Crippen molar-refractivity contribution in [3.63, 3.8) is 0 Å². The lowest BCUT2D eigenvalue weighted by molar-refractivity contribution is 0.0943. The highest BCUT2D eigenvalue weighted by Crippen LogP contribution is 2.17. The lowest BCUT2D eigenvalue weighted by Gasteiger charge is -2.32. The minimum absolute atomic E-state index is 0.202. The molecule has 2 aromatic rings. The lowest BCUT2D eigenvalue weighted by Crippen LogP contribution is -2.42. The van der Waals surface area contributed by atoms with Crippen molar-refractivity contribution in [3.05, 3.63) is 59.4 Å². The van der Waals surface area contributed by atoms with Crippen molar-refractivity contribution in [2.45, 2.75) is 39.3 Å². The van der Waals surface area contributed by atoms with Crippen LogP contribution in [0.1, 0.15) is 41.4 Å². The number of likely N-dealkylation sites (tertiary alicyclic amines) is 1. The van der Waals surface area contributed by atoms with Crippen LogP contribution >= 0.6 is 0 Å². The van der Waals surface area contributed by atoms with Crippen molar-refractivity contribution in [2.75, 3.05) is 25.0 Å². The molecule has 2 amide bonds. The number of aryl methyl sites for hydroxylation is 1. The van der Waals surface area contributed by atoms with E-state index in [9.17, 15) is 9.59 Å². The van der Waals surface area contributed by atoms with Crippen LogP contribution in [-0.2, 0) is 11.3 Å². The number of amides is 2. The molecule has 0 aliphatic carbocycles. The molecule has 0 saturated carbocycles. The fourth-order valence-electron chi connectivity index (χ4n) is 3.40. The van der Waals surface area contributed by atoms with Gasteiger partial charge in [0, 0.05) is 37.6 Å². The first-order valence-electron chi connectivity index (χ1n) is 10.0. The average molecular weight is 396 g/mol. The Kier molecular flexibility index (Phi) is 7.05. The zero-order valence-electron chi connectivity index (χ0n) is 17.0. The number of carbonyl (C=O) groups is 2. The standard InChI is InChI=1S/C22H28N4O3/c1-3-29-22(28)26-11-8-18(9-12-26)25-19-7-10-23-20(14-19)21(27)24-15-17-6-4-5-16(2)13-17/h4-7,10,13-14,18H,3,8-9,11-12,15H2,1-2H3,(H,23,25)(H,24,27). The van der Waals surface area contributed by atoms with E-state index in [1.54, 1.807) is 17.2 Å². The summed E-state index contributed by atoms with van der Waals surface area (Å²) in [5, 5.41) is 6.37. The minimum atomic E-state index is -0.248. The van der Waals surface area contributed by atoms with Gasteiger partial charge in [-0.1, -0.05) is 29.8 Å². The molecule has 0 unspecified atom stereocenters. The van der Waals surface area contributed by atoms with Crippen molar-refractivity contribution in [3.8, 4) is 0 Å². The second kappa shape index (κ2) is 9.91. The summed E-state index contributed by atoms with van der Waals surface area (Å²) in [6, 6.07) is 11.9. The average Bonchev–Trinajstić information content (AvgIpc) is 2.73. The Labute approximate surface area is 171 Å². The fraction of sp³-hybridized carbons (Fsp3) is 0.409. The van der Waals surface area contributed by atoms with Crippen molar-refractivity contribution < 1.29 is 14.3 Å². The minimum Gasteiger partial charge on any atom is -0.450 e. The van der Waals surface area contributed by atoms with Gasteiger partial charge >= 0.3 is 6.09 Å². The van der Waals surface area contributed by atoms with Gasteiger partial charge in [0.15, 0.2) is 0 Å². The smallest absolute Gasteiger partial charge is 0.409 e. The second-order valence-corrected chi connectivity index (χ2v) is 7.21.